The van der Waals surface area contributed by atoms with Crippen LogP contribution in [0, 0.1) is 0 Å². The zero-order valence-corrected chi connectivity index (χ0v) is 10.1. The van der Waals surface area contributed by atoms with Crippen LogP contribution in [-0.4, -0.2) is 37.6 Å². The Morgan fingerprint density at radius 3 is 2.81 bits per heavy atom. The van der Waals surface area contributed by atoms with Gasteiger partial charge in [-0.05, 0) is 38.7 Å². The topological polar surface area (TPSA) is 63.4 Å². The molecule has 0 aliphatic rings. The van der Waals surface area contributed by atoms with Crippen molar-refractivity contribution in [3.63, 3.8) is 0 Å². The highest BCUT2D eigenvalue weighted by atomic mass is 16.5. The number of hydrogen-bond donors (Lipinski definition) is 2. The molecule has 1 aromatic heterocycles. The molecule has 0 bridgehead atoms. The summed E-state index contributed by atoms with van der Waals surface area (Å²) in [5.41, 5.74) is 3.85. The molecule has 0 spiro atoms. The smallest absolute Gasteiger partial charge is 0.137 e. The van der Waals surface area contributed by atoms with Gasteiger partial charge in [0.05, 0.1) is 13.3 Å². The minimum Gasteiger partial charge on any atom is -0.495 e. The highest BCUT2D eigenvalue weighted by Gasteiger charge is 2.11. The van der Waals surface area contributed by atoms with E-state index < -0.39 is 0 Å². The maximum Gasteiger partial charge on any atom is 0.137 e. The zero-order chi connectivity index (χ0) is 12.0. The highest BCUT2D eigenvalue weighted by Crippen LogP contribution is 2.19. The molecule has 0 saturated heterocycles. The Morgan fingerprint density at radius 2 is 2.25 bits per heavy atom. The summed E-state index contributed by atoms with van der Waals surface area (Å²) in [6.07, 6.45) is 4.42. The lowest BCUT2D eigenvalue weighted by Gasteiger charge is -2.18. The minimum absolute atomic E-state index is 0.102. The molecule has 1 unspecified atom stereocenters. The standard InChI is InChI=1S/C11H20N4O/c1-15(2)5-4-11(14-12)9-6-10(16-3)8-13-7-9/h6-8,11,14H,4-5,12H2,1-3H3. The Labute approximate surface area is 96.6 Å². The lowest BCUT2D eigenvalue weighted by atomic mass is 10.1. The normalized spacial score (nSPS) is 12.8. The number of nitrogens with zero attached hydrogens (tertiary/aromatic N) is 2. The van der Waals surface area contributed by atoms with Gasteiger partial charge in [0.1, 0.15) is 5.75 Å². The van der Waals surface area contributed by atoms with Crippen molar-refractivity contribution in [2.24, 2.45) is 5.84 Å². The Kier molecular flexibility index (Phi) is 5.18. The molecule has 0 radical (unpaired) electrons. The quantitative estimate of drug-likeness (QED) is 0.545. The van der Waals surface area contributed by atoms with E-state index in [-0.39, 0.29) is 6.04 Å². The van der Waals surface area contributed by atoms with Crippen LogP contribution >= 0.6 is 0 Å². The first kappa shape index (κ1) is 12.9. The van der Waals surface area contributed by atoms with Gasteiger partial charge in [-0.3, -0.25) is 16.3 Å². The maximum atomic E-state index is 5.55. The van der Waals surface area contributed by atoms with Gasteiger partial charge < -0.3 is 9.64 Å². The van der Waals surface area contributed by atoms with E-state index in [1.807, 2.05) is 26.4 Å². The van der Waals surface area contributed by atoms with Crippen molar-refractivity contribution in [1.82, 2.24) is 15.3 Å². The third kappa shape index (κ3) is 3.77. The largest absolute Gasteiger partial charge is 0.495 e. The third-order valence-corrected chi connectivity index (χ3v) is 2.44. The molecule has 1 rings (SSSR count). The molecule has 16 heavy (non-hydrogen) atoms. The number of methoxy groups -OCH3 is 1. The van der Waals surface area contributed by atoms with Gasteiger partial charge in [0.15, 0.2) is 0 Å². The van der Waals surface area contributed by atoms with Crippen LogP contribution in [0.5, 0.6) is 5.75 Å². The molecule has 0 aliphatic carbocycles. The Balaban J connectivity index is 2.70. The molecule has 0 fully saturated rings. The number of pyridine rings is 1. The second-order valence-corrected chi connectivity index (χ2v) is 3.97. The summed E-state index contributed by atoms with van der Waals surface area (Å²) in [7, 11) is 5.71. The van der Waals surface area contributed by atoms with Crippen molar-refractivity contribution in [3.8, 4) is 5.75 Å². The number of hydrogen-bond acceptors (Lipinski definition) is 5. The molecule has 1 atom stereocenters. The van der Waals surface area contributed by atoms with Crippen molar-refractivity contribution >= 4 is 0 Å². The Morgan fingerprint density at radius 1 is 1.50 bits per heavy atom. The molecule has 3 N–H and O–H groups in total. The fraction of sp³-hybridized carbons (Fsp3) is 0.545. The van der Waals surface area contributed by atoms with Crippen LogP contribution in [0.4, 0.5) is 0 Å². The van der Waals surface area contributed by atoms with E-state index in [9.17, 15) is 0 Å². The summed E-state index contributed by atoms with van der Waals surface area (Å²) >= 11 is 0. The van der Waals surface area contributed by atoms with E-state index >= 15 is 0 Å². The third-order valence-electron chi connectivity index (χ3n) is 2.44. The average Bonchev–Trinajstić information content (AvgIpc) is 2.30. The first-order valence-corrected chi connectivity index (χ1v) is 5.27. The number of hydrazine groups is 1. The predicted molar refractivity (Wildman–Crippen MR) is 64.0 cm³/mol. The lowest BCUT2D eigenvalue weighted by molar-refractivity contribution is 0.361. The van der Waals surface area contributed by atoms with Gasteiger partial charge in [0, 0.05) is 12.2 Å². The number of nitrogens with one attached hydrogen (secondary N) is 1. The van der Waals surface area contributed by atoms with E-state index in [2.05, 4.69) is 15.3 Å². The molecule has 5 nitrogen and oxygen atoms in total. The minimum atomic E-state index is 0.102. The molecule has 0 saturated carbocycles. The van der Waals surface area contributed by atoms with Gasteiger partial charge in [-0.25, -0.2) is 0 Å². The molecule has 90 valence electrons. The fourth-order valence-corrected chi connectivity index (χ4v) is 1.47. The summed E-state index contributed by atoms with van der Waals surface area (Å²) < 4.78 is 5.13. The van der Waals surface area contributed by atoms with Crippen LogP contribution in [0.15, 0.2) is 18.5 Å². The molecule has 1 aromatic rings. The van der Waals surface area contributed by atoms with Crippen molar-refractivity contribution in [3.05, 3.63) is 24.0 Å². The number of rotatable bonds is 6. The van der Waals surface area contributed by atoms with Crippen molar-refractivity contribution in [1.29, 1.82) is 0 Å². The molecule has 5 heteroatoms. The molecule has 0 aliphatic heterocycles. The molecule has 0 amide bonds. The van der Waals surface area contributed by atoms with Crippen molar-refractivity contribution in [2.75, 3.05) is 27.7 Å². The Bertz CT molecular complexity index is 317. The van der Waals surface area contributed by atoms with Crippen LogP contribution in [0.2, 0.25) is 0 Å². The molecular formula is C11H20N4O. The zero-order valence-electron chi connectivity index (χ0n) is 10.1. The lowest BCUT2D eigenvalue weighted by Crippen LogP contribution is -2.30. The highest BCUT2D eigenvalue weighted by molar-refractivity contribution is 5.25. The van der Waals surface area contributed by atoms with Crippen LogP contribution < -0.4 is 16.0 Å². The first-order chi connectivity index (χ1) is 7.67. The van der Waals surface area contributed by atoms with Gasteiger partial charge in [-0.1, -0.05) is 0 Å². The van der Waals surface area contributed by atoms with Gasteiger partial charge in [-0.15, -0.1) is 0 Å². The maximum absolute atomic E-state index is 5.55. The number of ether oxygens (including phenoxy) is 1. The van der Waals surface area contributed by atoms with Gasteiger partial charge >= 0.3 is 0 Å². The van der Waals surface area contributed by atoms with E-state index in [0.717, 1.165) is 24.3 Å². The second kappa shape index (κ2) is 6.42. The molecule has 0 aromatic carbocycles. The molecular weight excluding hydrogens is 204 g/mol. The predicted octanol–water partition coefficient (Wildman–Crippen LogP) is 0.546. The number of aromatic nitrogens is 1. The van der Waals surface area contributed by atoms with E-state index in [1.54, 1.807) is 13.3 Å². The summed E-state index contributed by atoms with van der Waals surface area (Å²) in [6.45, 7) is 0.964. The SMILES string of the molecule is COc1cncc(C(CCN(C)C)NN)c1. The van der Waals surface area contributed by atoms with Crippen LogP contribution in [-0.2, 0) is 0 Å². The Hall–Kier alpha value is -1.17. The number of nitrogens with two attached hydrogens (primary N) is 1. The first-order valence-electron chi connectivity index (χ1n) is 5.27. The fourth-order valence-electron chi connectivity index (χ4n) is 1.47. The van der Waals surface area contributed by atoms with Crippen LogP contribution in [0.3, 0.4) is 0 Å². The molecule has 1 heterocycles. The van der Waals surface area contributed by atoms with Crippen LogP contribution in [0.1, 0.15) is 18.0 Å². The van der Waals surface area contributed by atoms with Crippen molar-refractivity contribution in [2.45, 2.75) is 12.5 Å². The summed E-state index contributed by atoms with van der Waals surface area (Å²) in [5.74, 6) is 6.30. The van der Waals surface area contributed by atoms with Crippen LogP contribution in [0.25, 0.3) is 0 Å². The monoisotopic (exact) mass is 224 g/mol. The van der Waals surface area contributed by atoms with E-state index in [4.69, 9.17) is 10.6 Å². The summed E-state index contributed by atoms with van der Waals surface area (Å²) in [6, 6.07) is 2.05. The second-order valence-electron chi connectivity index (χ2n) is 3.97. The average molecular weight is 224 g/mol. The van der Waals surface area contributed by atoms with E-state index in [0.29, 0.717) is 0 Å². The van der Waals surface area contributed by atoms with Gasteiger partial charge in [0.2, 0.25) is 0 Å². The van der Waals surface area contributed by atoms with E-state index in [1.165, 1.54) is 0 Å². The summed E-state index contributed by atoms with van der Waals surface area (Å²) in [5, 5.41) is 0. The van der Waals surface area contributed by atoms with Crippen molar-refractivity contribution < 1.29 is 4.74 Å². The van der Waals surface area contributed by atoms with Gasteiger partial charge in [0.25, 0.3) is 0 Å². The summed E-state index contributed by atoms with van der Waals surface area (Å²) in [4.78, 5) is 6.24. The van der Waals surface area contributed by atoms with Gasteiger partial charge in [-0.2, -0.15) is 0 Å².